The molecule has 2 aliphatic rings. The highest BCUT2D eigenvalue weighted by Crippen LogP contribution is 2.32. The van der Waals surface area contributed by atoms with Crippen molar-refractivity contribution in [2.75, 3.05) is 39.3 Å². The van der Waals surface area contributed by atoms with E-state index in [1.807, 2.05) is 18.2 Å². The summed E-state index contributed by atoms with van der Waals surface area (Å²) in [5.41, 5.74) is 7.94. The first kappa shape index (κ1) is 23.0. The molecule has 2 N–H and O–H groups in total. The summed E-state index contributed by atoms with van der Waals surface area (Å²) in [6.45, 7) is 1.98. The Kier molecular flexibility index (Phi) is 7.50. The van der Waals surface area contributed by atoms with Gasteiger partial charge in [-0.05, 0) is 37.0 Å². The average molecular weight is 434 g/mol. The summed E-state index contributed by atoms with van der Waals surface area (Å²) in [4.78, 5) is 40.2. The number of esters is 1. The number of fused-ring (bicyclic) bond motifs is 1. The van der Waals surface area contributed by atoms with Crippen molar-refractivity contribution in [2.45, 2.75) is 44.6 Å². The maximum Gasteiger partial charge on any atom is 0.305 e. The second-order valence-corrected chi connectivity index (χ2v) is 7.97. The Bertz CT molecular complexity index is 817. The van der Waals surface area contributed by atoms with E-state index in [1.54, 1.807) is 14.2 Å². The molecule has 9 heteroatoms. The van der Waals surface area contributed by atoms with Crippen molar-refractivity contribution >= 4 is 23.5 Å². The molecule has 0 aliphatic carbocycles. The number of carbonyl (C=O) groups is 3. The normalized spacial score (nSPS) is 17.7. The molecule has 9 nitrogen and oxygen atoms in total. The number of rotatable bonds is 9. The lowest BCUT2D eigenvalue weighted by atomic mass is 9.95. The first-order valence-electron chi connectivity index (χ1n) is 10.5. The van der Waals surface area contributed by atoms with Crippen molar-refractivity contribution < 1.29 is 28.6 Å². The quantitative estimate of drug-likeness (QED) is 0.461. The van der Waals surface area contributed by atoms with Crippen molar-refractivity contribution in [3.8, 4) is 0 Å². The first-order valence-corrected chi connectivity index (χ1v) is 10.5. The molecule has 0 radical (unpaired) electrons. The van der Waals surface area contributed by atoms with Crippen molar-refractivity contribution in [3.63, 3.8) is 0 Å². The summed E-state index contributed by atoms with van der Waals surface area (Å²) in [6.07, 6.45) is 1.83. The number of piperidine rings is 1. The Balaban J connectivity index is 1.69. The van der Waals surface area contributed by atoms with Crippen LogP contribution in [-0.2, 0) is 30.3 Å². The van der Waals surface area contributed by atoms with Crippen LogP contribution in [0.1, 0.15) is 41.6 Å². The maximum atomic E-state index is 13.1. The fraction of sp³-hybridized carbons (Fsp3) is 0.591. The zero-order valence-corrected chi connectivity index (χ0v) is 18.3. The molecular weight excluding hydrogens is 402 g/mol. The van der Waals surface area contributed by atoms with Crippen LogP contribution in [0, 0.1) is 5.92 Å². The van der Waals surface area contributed by atoms with E-state index >= 15 is 0 Å². The largest absolute Gasteiger partial charge is 0.469 e. The Hall–Kier alpha value is -2.65. The van der Waals surface area contributed by atoms with Crippen LogP contribution in [0.2, 0.25) is 0 Å². The second-order valence-electron chi connectivity index (χ2n) is 7.97. The van der Waals surface area contributed by atoms with Crippen molar-refractivity contribution in [3.05, 3.63) is 29.3 Å². The van der Waals surface area contributed by atoms with Gasteiger partial charge in [-0.2, -0.15) is 0 Å². The minimum atomic E-state index is -0.849. The molecule has 1 unspecified atom stereocenters. The number of hydrogen-bond acceptors (Lipinski definition) is 7. The van der Waals surface area contributed by atoms with E-state index in [2.05, 4.69) is 9.64 Å². The summed E-state index contributed by atoms with van der Waals surface area (Å²) in [6, 6.07) is 4.98. The molecule has 2 aliphatic heterocycles. The zero-order valence-electron chi connectivity index (χ0n) is 18.3. The number of primary amides is 1. The number of hydrogen-bond donors (Lipinski definition) is 1. The van der Waals surface area contributed by atoms with E-state index in [0.717, 1.165) is 37.2 Å². The highest BCUT2D eigenvalue weighted by Gasteiger charge is 2.36. The van der Waals surface area contributed by atoms with Crippen molar-refractivity contribution in [2.24, 2.45) is 11.7 Å². The van der Waals surface area contributed by atoms with Crippen molar-refractivity contribution in [1.29, 1.82) is 0 Å². The SMILES string of the molecule is COC(=O)CCC(C(N)=O)N1Cc2ccc(N3CCC(C(OC)OC)CC3)cc2C1=O. The minimum Gasteiger partial charge on any atom is -0.469 e. The summed E-state index contributed by atoms with van der Waals surface area (Å²) in [7, 11) is 4.60. The molecule has 2 amide bonds. The summed E-state index contributed by atoms with van der Waals surface area (Å²) < 4.78 is 15.4. The number of anilines is 1. The molecule has 0 saturated carbocycles. The monoisotopic (exact) mass is 433 g/mol. The number of amides is 2. The van der Waals surface area contributed by atoms with Gasteiger partial charge in [-0.1, -0.05) is 6.07 Å². The van der Waals surface area contributed by atoms with Gasteiger partial charge in [0.2, 0.25) is 5.91 Å². The van der Waals surface area contributed by atoms with Crippen LogP contribution in [0.25, 0.3) is 0 Å². The average Bonchev–Trinajstić information content (AvgIpc) is 3.10. The zero-order chi connectivity index (χ0) is 22.5. The molecule has 1 atom stereocenters. The van der Waals surface area contributed by atoms with Gasteiger partial charge in [-0.25, -0.2) is 0 Å². The van der Waals surface area contributed by atoms with Crippen LogP contribution in [-0.4, -0.2) is 69.4 Å². The van der Waals surface area contributed by atoms with Gasteiger partial charge in [-0.15, -0.1) is 0 Å². The highest BCUT2D eigenvalue weighted by atomic mass is 16.7. The summed E-state index contributed by atoms with van der Waals surface area (Å²) in [5, 5.41) is 0. The molecular formula is C22H31N3O6. The van der Waals surface area contributed by atoms with E-state index in [-0.39, 0.29) is 25.0 Å². The topological polar surface area (TPSA) is 111 Å². The molecule has 1 aromatic rings. The van der Waals surface area contributed by atoms with Crippen LogP contribution in [0.3, 0.4) is 0 Å². The molecule has 1 aromatic carbocycles. The lowest BCUT2D eigenvalue weighted by Gasteiger charge is -2.36. The standard InChI is InChI=1S/C22H31N3O6/c1-29-19(26)7-6-18(20(23)27)25-13-15-4-5-16(12-17(15)21(25)28)24-10-8-14(9-11-24)22(30-2)31-3/h4-5,12,14,18,22H,6-11,13H2,1-3H3,(H2,23,27). The van der Waals surface area contributed by atoms with E-state index in [9.17, 15) is 14.4 Å². The van der Waals surface area contributed by atoms with Gasteiger partial charge in [0.1, 0.15) is 6.04 Å². The van der Waals surface area contributed by atoms with Crippen LogP contribution in [0.5, 0.6) is 0 Å². The van der Waals surface area contributed by atoms with Crippen molar-refractivity contribution in [1.82, 2.24) is 4.90 Å². The number of benzene rings is 1. The molecule has 170 valence electrons. The van der Waals surface area contributed by atoms with E-state index in [4.69, 9.17) is 15.2 Å². The third-order valence-corrected chi connectivity index (χ3v) is 6.23. The molecule has 2 heterocycles. The fourth-order valence-corrected chi connectivity index (χ4v) is 4.48. The first-order chi connectivity index (χ1) is 14.9. The van der Waals surface area contributed by atoms with E-state index in [0.29, 0.717) is 18.0 Å². The van der Waals surface area contributed by atoms with Crippen LogP contribution >= 0.6 is 0 Å². The maximum absolute atomic E-state index is 13.1. The Morgan fingerprint density at radius 3 is 2.42 bits per heavy atom. The molecule has 3 rings (SSSR count). The van der Waals surface area contributed by atoms with Gasteiger partial charge in [0.05, 0.1) is 7.11 Å². The summed E-state index contributed by atoms with van der Waals surface area (Å²) >= 11 is 0. The third-order valence-electron chi connectivity index (χ3n) is 6.23. The Morgan fingerprint density at radius 2 is 1.84 bits per heavy atom. The second kappa shape index (κ2) is 10.1. The smallest absolute Gasteiger partial charge is 0.305 e. The Morgan fingerprint density at radius 1 is 1.16 bits per heavy atom. The number of methoxy groups -OCH3 is 3. The molecule has 31 heavy (non-hydrogen) atoms. The van der Waals surface area contributed by atoms with Gasteiger partial charge < -0.3 is 29.7 Å². The molecule has 0 spiro atoms. The summed E-state index contributed by atoms with van der Waals surface area (Å²) in [5.74, 6) is -0.966. The van der Waals surface area contributed by atoms with E-state index in [1.165, 1.54) is 12.0 Å². The highest BCUT2D eigenvalue weighted by molar-refractivity contribution is 6.01. The van der Waals surface area contributed by atoms with Gasteiger partial charge in [0.25, 0.3) is 5.91 Å². The molecule has 1 fully saturated rings. The van der Waals surface area contributed by atoms with Crippen LogP contribution in [0.15, 0.2) is 18.2 Å². The molecule has 1 saturated heterocycles. The third kappa shape index (κ3) is 4.99. The lowest BCUT2D eigenvalue weighted by Crippen LogP contribution is -2.45. The van der Waals surface area contributed by atoms with Gasteiger partial charge in [-0.3, -0.25) is 14.4 Å². The number of carbonyl (C=O) groups excluding carboxylic acids is 3. The molecule has 0 bridgehead atoms. The lowest BCUT2D eigenvalue weighted by molar-refractivity contribution is -0.141. The van der Waals surface area contributed by atoms with Gasteiger partial charge >= 0.3 is 5.97 Å². The van der Waals surface area contributed by atoms with Crippen LogP contribution in [0.4, 0.5) is 5.69 Å². The predicted octanol–water partition coefficient (Wildman–Crippen LogP) is 1.28. The van der Waals surface area contributed by atoms with E-state index < -0.39 is 17.9 Å². The molecule has 0 aromatic heterocycles. The van der Waals surface area contributed by atoms with Gasteiger partial charge in [0, 0.05) is 57.4 Å². The van der Waals surface area contributed by atoms with Crippen LogP contribution < -0.4 is 10.6 Å². The Labute approximate surface area is 182 Å². The number of ether oxygens (including phenoxy) is 3. The number of nitrogens with two attached hydrogens (primary N) is 1. The number of nitrogens with zero attached hydrogens (tertiary/aromatic N) is 2. The fourth-order valence-electron chi connectivity index (χ4n) is 4.48. The van der Waals surface area contributed by atoms with Gasteiger partial charge in [0.15, 0.2) is 6.29 Å². The minimum absolute atomic E-state index is 0.0222. The predicted molar refractivity (Wildman–Crippen MR) is 113 cm³/mol.